The van der Waals surface area contributed by atoms with Crippen LogP contribution in [0.4, 0.5) is 5.69 Å². The Morgan fingerprint density at radius 2 is 1.76 bits per heavy atom. The van der Waals surface area contributed by atoms with Crippen molar-refractivity contribution in [3.05, 3.63) is 29.8 Å². The van der Waals surface area contributed by atoms with E-state index in [0.717, 1.165) is 24.3 Å². The van der Waals surface area contributed by atoms with Crippen molar-refractivity contribution in [1.29, 1.82) is 5.41 Å². The quantitative estimate of drug-likeness (QED) is 0.343. The molecule has 0 saturated carbocycles. The number of nitrogens with zero attached hydrogens (tertiary/aromatic N) is 3. The Morgan fingerprint density at radius 3 is 2.19 bits per heavy atom. The number of benzene rings is 1. The Labute approximate surface area is 141 Å². The van der Waals surface area contributed by atoms with Gasteiger partial charge in [-0.05, 0) is 17.7 Å². The zero-order chi connectivity index (χ0) is 15.0. The highest BCUT2D eigenvalue weighted by molar-refractivity contribution is 6.18. The van der Waals surface area contributed by atoms with Gasteiger partial charge >= 0.3 is 0 Å². The highest BCUT2D eigenvalue weighted by atomic mass is 35.5. The average Bonchev–Trinajstić information content (AvgIpc) is 2.45. The van der Waals surface area contributed by atoms with E-state index >= 15 is 0 Å². The van der Waals surface area contributed by atoms with Crippen LogP contribution in [0.25, 0.3) is 0 Å². The minimum absolute atomic E-state index is 0. The van der Waals surface area contributed by atoms with Crippen molar-refractivity contribution in [2.75, 3.05) is 36.8 Å². The minimum Gasteiger partial charge on any atom is -0.369 e. The second kappa shape index (κ2) is 10.5. The molecule has 118 valence electrons. The molecular formula is C13H20Cl3N5. The van der Waals surface area contributed by atoms with E-state index in [2.05, 4.69) is 10.0 Å². The normalized spacial score (nSPS) is 10.2. The van der Waals surface area contributed by atoms with E-state index in [0.29, 0.717) is 11.8 Å². The van der Waals surface area contributed by atoms with Crippen molar-refractivity contribution in [2.45, 2.75) is 0 Å². The fourth-order valence-corrected chi connectivity index (χ4v) is 1.97. The predicted molar refractivity (Wildman–Crippen MR) is 94.6 cm³/mol. The monoisotopic (exact) mass is 351 g/mol. The summed E-state index contributed by atoms with van der Waals surface area (Å²) < 4.78 is 0. The van der Waals surface area contributed by atoms with Gasteiger partial charge in [0.2, 0.25) is 5.96 Å². The molecule has 21 heavy (non-hydrogen) atoms. The first-order chi connectivity index (χ1) is 9.58. The summed E-state index contributed by atoms with van der Waals surface area (Å²) in [6, 6.07) is 7.88. The van der Waals surface area contributed by atoms with Crippen LogP contribution in [0, 0.1) is 5.41 Å². The lowest BCUT2D eigenvalue weighted by Crippen LogP contribution is -2.28. The maximum atomic E-state index is 7.21. The number of nitrogens with two attached hydrogens (primary N) is 1. The molecule has 0 aromatic heterocycles. The number of rotatable bonds is 7. The molecule has 0 radical (unpaired) electrons. The van der Waals surface area contributed by atoms with Gasteiger partial charge in [-0.25, -0.2) is 5.01 Å². The SMILES string of the molecule is CN(/N=C\c1ccc(N(CCCl)CCCl)cc1)C(=N)N.Cl. The van der Waals surface area contributed by atoms with E-state index in [4.69, 9.17) is 34.3 Å². The largest absolute Gasteiger partial charge is 0.369 e. The summed E-state index contributed by atoms with van der Waals surface area (Å²) in [7, 11) is 1.62. The summed E-state index contributed by atoms with van der Waals surface area (Å²) in [6.07, 6.45) is 1.65. The molecule has 0 fully saturated rings. The molecule has 1 aromatic rings. The van der Waals surface area contributed by atoms with Gasteiger partial charge < -0.3 is 10.6 Å². The molecule has 8 heteroatoms. The van der Waals surface area contributed by atoms with Gasteiger partial charge in [0.1, 0.15) is 0 Å². The molecule has 1 aromatic carbocycles. The number of alkyl halides is 2. The van der Waals surface area contributed by atoms with Gasteiger partial charge in [-0.15, -0.1) is 35.6 Å². The minimum atomic E-state index is -0.103. The lowest BCUT2D eigenvalue weighted by molar-refractivity contribution is 0.536. The zero-order valence-electron chi connectivity index (χ0n) is 11.8. The highest BCUT2D eigenvalue weighted by Crippen LogP contribution is 2.15. The Kier molecular flexibility index (Phi) is 9.95. The Balaban J connectivity index is 0.00000400. The molecule has 0 atom stereocenters. The smallest absolute Gasteiger partial charge is 0.208 e. The van der Waals surface area contributed by atoms with Gasteiger partial charge in [0.05, 0.1) is 6.21 Å². The van der Waals surface area contributed by atoms with Gasteiger partial charge in [0.25, 0.3) is 0 Å². The van der Waals surface area contributed by atoms with Crippen LogP contribution < -0.4 is 10.6 Å². The fourth-order valence-electron chi connectivity index (χ4n) is 1.56. The second-order valence-corrected chi connectivity index (χ2v) is 4.87. The molecule has 0 bridgehead atoms. The van der Waals surface area contributed by atoms with Crippen LogP contribution in [0.3, 0.4) is 0 Å². The van der Waals surface area contributed by atoms with Crippen LogP contribution in [0.1, 0.15) is 5.56 Å². The Hall–Kier alpha value is -1.17. The molecule has 0 aliphatic rings. The number of guanidine groups is 1. The summed E-state index contributed by atoms with van der Waals surface area (Å²) >= 11 is 11.6. The molecule has 0 aliphatic heterocycles. The predicted octanol–water partition coefficient (Wildman–Crippen LogP) is 2.55. The third-order valence-corrected chi connectivity index (χ3v) is 3.03. The van der Waals surface area contributed by atoms with Crippen molar-refractivity contribution in [2.24, 2.45) is 10.8 Å². The van der Waals surface area contributed by atoms with E-state index < -0.39 is 0 Å². The molecule has 1 rings (SSSR count). The molecule has 5 nitrogen and oxygen atoms in total. The van der Waals surface area contributed by atoms with Crippen LogP contribution in [0.15, 0.2) is 29.4 Å². The van der Waals surface area contributed by atoms with Gasteiger partial charge in [-0.1, -0.05) is 12.1 Å². The van der Waals surface area contributed by atoms with Crippen molar-refractivity contribution in [3.8, 4) is 0 Å². The van der Waals surface area contributed by atoms with Crippen LogP contribution in [-0.4, -0.2) is 49.1 Å². The molecule has 0 aliphatic carbocycles. The summed E-state index contributed by atoms with van der Waals surface area (Å²) in [4.78, 5) is 2.13. The van der Waals surface area contributed by atoms with Gasteiger partial charge in [0, 0.05) is 37.6 Å². The van der Waals surface area contributed by atoms with E-state index in [-0.39, 0.29) is 18.4 Å². The van der Waals surface area contributed by atoms with Crippen molar-refractivity contribution in [1.82, 2.24) is 5.01 Å². The molecule has 0 spiro atoms. The highest BCUT2D eigenvalue weighted by Gasteiger charge is 2.04. The van der Waals surface area contributed by atoms with Gasteiger partial charge in [0.15, 0.2) is 0 Å². The van der Waals surface area contributed by atoms with E-state index in [1.807, 2.05) is 24.3 Å². The third-order valence-electron chi connectivity index (χ3n) is 2.70. The summed E-state index contributed by atoms with van der Waals surface area (Å²) in [6.45, 7) is 1.52. The number of halogens is 3. The second-order valence-electron chi connectivity index (χ2n) is 4.11. The van der Waals surface area contributed by atoms with Gasteiger partial charge in [-0.2, -0.15) is 5.10 Å². The molecular weight excluding hydrogens is 333 g/mol. The van der Waals surface area contributed by atoms with Crippen molar-refractivity contribution in [3.63, 3.8) is 0 Å². The number of hydrazone groups is 1. The molecule has 0 saturated heterocycles. The fraction of sp³-hybridized carbons (Fsp3) is 0.385. The Bertz CT molecular complexity index is 444. The first-order valence-corrected chi connectivity index (χ1v) is 7.24. The summed E-state index contributed by atoms with van der Waals surface area (Å²) in [5.74, 6) is 1.01. The van der Waals surface area contributed by atoms with Crippen LogP contribution in [0.2, 0.25) is 0 Å². The van der Waals surface area contributed by atoms with Gasteiger partial charge in [-0.3, -0.25) is 5.41 Å². The third kappa shape index (κ3) is 6.89. The van der Waals surface area contributed by atoms with Crippen molar-refractivity contribution < 1.29 is 0 Å². The molecule has 0 amide bonds. The number of hydrogen-bond acceptors (Lipinski definition) is 3. The lowest BCUT2D eigenvalue weighted by atomic mass is 10.2. The lowest BCUT2D eigenvalue weighted by Gasteiger charge is -2.22. The maximum absolute atomic E-state index is 7.21. The van der Waals surface area contributed by atoms with Crippen LogP contribution >= 0.6 is 35.6 Å². The average molecular weight is 353 g/mol. The topological polar surface area (TPSA) is 68.7 Å². The van der Waals surface area contributed by atoms with E-state index in [1.165, 1.54) is 5.01 Å². The van der Waals surface area contributed by atoms with E-state index in [9.17, 15) is 0 Å². The number of nitrogens with one attached hydrogen (secondary N) is 1. The molecule has 3 N–H and O–H groups in total. The van der Waals surface area contributed by atoms with Crippen LogP contribution in [-0.2, 0) is 0 Å². The zero-order valence-corrected chi connectivity index (χ0v) is 14.1. The van der Waals surface area contributed by atoms with E-state index in [1.54, 1.807) is 13.3 Å². The van der Waals surface area contributed by atoms with Crippen molar-refractivity contribution >= 4 is 53.5 Å². The molecule has 0 heterocycles. The first kappa shape index (κ1) is 19.8. The number of hydrogen-bond donors (Lipinski definition) is 2. The Morgan fingerprint density at radius 1 is 1.24 bits per heavy atom. The summed E-state index contributed by atoms with van der Waals surface area (Å²) in [5, 5.41) is 12.5. The number of anilines is 1. The summed E-state index contributed by atoms with van der Waals surface area (Å²) in [5.41, 5.74) is 7.30. The first-order valence-electron chi connectivity index (χ1n) is 6.17. The molecule has 0 unspecified atom stereocenters. The standard InChI is InChI=1S/C13H19Cl2N5.ClH/c1-19(13(16)17)18-10-11-2-4-12(5-3-11)20(8-6-14)9-7-15;/h2-5,10H,6-9H2,1H3,(H3,16,17);1H/b18-10-;. The van der Waals surface area contributed by atoms with Crippen LogP contribution in [0.5, 0.6) is 0 Å². The maximum Gasteiger partial charge on any atom is 0.208 e.